The summed E-state index contributed by atoms with van der Waals surface area (Å²) in [5.41, 5.74) is 3.07. The van der Waals surface area contributed by atoms with Crippen LogP contribution in [0.15, 0.2) is 83.5 Å². The highest BCUT2D eigenvalue weighted by molar-refractivity contribution is 7.21. The van der Waals surface area contributed by atoms with Gasteiger partial charge in [-0.05, 0) is 54.4 Å². The van der Waals surface area contributed by atoms with Gasteiger partial charge in [0, 0.05) is 18.9 Å². The van der Waals surface area contributed by atoms with Crippen LogP contribution in [-0.4, -0.2) is 27.2 Å². The molecular weight excluding hydrogens is 396 g/mol. The van der Waals surface area contributed by atoms with Crippen LogP contribution in [0.5, 0.6) is 0 Å². The van der Waals surface area contributed by atoms with Crippen molar-refractivity contribution in [2.24, 2.45) is 0 Å². The Balaban J connectivity index is 1.19. The highest BCUT2D eigenvalue weighted by Crippen LogP contribution is 2.31. The average Bonchev–Trinajstić information content (AvgIpc) is 3.54. The summed E-state index contributed by atoms with van der Waals surface area (Å²) in [6, 6.07) is 21.4. The van der Waals surface area contributed by atoms with Gasteiger partial charge in [0.25, 0.3) is 5.91 Å². The van der Waals surface area contributed by atoms with Crippen molar-refractivity contribution in [3.63, 3.8) is 0 Å². The smallest absolute Gasteiger partial charge is 0.287 e. The van der Waals surface area contributed by atoms with Crippen LogP contribution in [-0.2, 0) is 6.42 Å². The molecule has 0 unspecified atom stereocenters. The molecule has 1 amide bonds. The highest BCUT2D eigenvalue weighted by atomic mass is 32.1. The highest BCUT2D eigenvalue weighted by Gasteiger charge is 2.14. The molecule has 0 bridgehead atoms. The van der Waals surface area contributed by atoms with Crippen molar-refractivity contribution < 1.29 is 9.21 Å². The fourth-order valence-corrected chi connectivity index (χ4v) is 4.12. The van der Waals surface area contributed by atoms with E-state index in [-0.39, 0.29) is 5.91 Å². The molecule has 6 nitrogen and oxygen atoms in total. The van der Waals surface area contributed by atoms with Gasteiger partial charge in [0.15, 0.2) is 16.5 Å². The topological polar surface area (TPSA) is 73.0 Å². The molecule has 0 spiro atoms. The van der Waals surface area contributed by atoms with Crippen LogP contribution in [0.4, 0.5) is 0 Å². The van der Waals surface area contributed by atoms with E-state index < -0.39 is 0 Å². The van der Waals surface area contributed by atoms with E-state index >= 15 is 0 Å². The number of carbonyl (C=O) groups is 1. The summed E-state index contributed by atoms with van der Waals surface area (Å²) in [6.45, 7) is 0.525. The van der Waals surface area contributed by atoms with Gasteiger partial charge in [-0.25, -0.2) is 9.67 Å². The lowest BCUT2D eigenvalue weighted by molar-refractivity contribution is 0.0927. The fourth-order valence-electron chi connectivity index (χ4n) is 3.20. The number of para-hydroxylation sites is 1. The zero-order chi connectivity index (χ0) is 20.3. The normalized spacial score (nSPS) is 11.1. The number of fused-ring (bicyclic) bond motifs is 1. The van der Waals surface area contributed by atoms with Gasteiger partial charge in [-0.2, -0.15) is 5.10 Å². The minimum absolute atomic E-state index is 0.226. The molecule has 148 valence electrons. The van der Waals surface area contributed by atoms with E-state index in [0.717, 1.165) is 32.9 Å². The lowest BCUT2D eigenvalue weighted by Gasteiger charge is -2.05. The maximum absolute atomic E-state index is 12.4. The van der Waals surface area contributed by atoms with E-state index in [2.05, 4.69) is 15.4 Å². The summed E-state index contributed by atoms with van der Waals surface area (Å²) >= 11 is 1.55. The Morgan fingerprint density at radius 3 is 2.70 bits per heavy atom. The van der Waals surface area contributed by atoms with E-state index in [9.17, 15) is 4.79 Å². The molecule has 0 saturated carbocycles. The third kappa shape index (κ3) is 3.75. The second kappa shape index (κ2) is 7.96. The van der Waals surface area contributed by atoms with Crippen molar-refractivity contribution in [3.05, 3.63) is 90.4 Å². The molecule has 2 aromatic carbocycles. The summed E-state index contributed by atoms with van der Waals surface area (Å²) in [7, 11) is 0. The number of thiazole rings is 1. The number of nitrogens with zero attached hydrogens (tertiary/aromatic N) is 3. The van der Waals surface area contributed by atoms with Crippen molar-refractivity contribution in [1.29, 1.82) is 0 Å². The van der Waals surface area contributed by atoms with Crippen LogP contribution >= 0.6 is 11.3 Å². The first kappa shape index (κ1) is 18.3. The average molecular weight is 414 g/mol. The predicted molar refractivity (Wildman–Crippen MR) is 117 cm³/mol. The second-order valence-electron chi connectivity index (χ2n) is 6.77. The first-order valence-corrected chi connectivity index (χ1v) is 10.4. The SMILES string of the molecule is O=C(NCCc1ccc(-n2cccn2)cc1)c1ccc(-c2nc3ccccc3s2)o1. The first-order chi connectivity index (χ1) is 14.8. The Bertz CT molecular complexity index is 1250. The molecule has 0 saturated heterocycles. The number of furan rings is 1. The largest absolute Gasteiger partial charge is 0.448 e. The van der Waals surface area contributed by atoms with Crippen molar-refractivity contribution in [2.75, 3.05) is 6.54 Å². The van der Waals surface area contributed by atoms with E-state index in [0.29, 0.717) is 18.1 Å². The van der Waals surface area contributed by atoms with Gasteiger partial charge < -0.3 is 9.73 Å². The van der Waals surface area contributed by atoms with Crippen LogP contribution in [0.25, 0.3) is 26.7 Å². The molecule has 5 rings (SSSR count). The van der Waals surface area contributed by atoms with Crippen LogP contribution < -0.4 is 5.32 Å². The molecule has 30 heavy (non-hydrogen) atoms. The van der Waals surface area contributed by atoms with Gasteiger partial charge in [0.05, 0.1) is 15.9 Å². The molecule has 3 heterocycles. The number of aromatic nitrogens is 3. The maximum atomic E-state index is 12.4. The monoisotopic (exact) mass is 414 g/mol. The van der Waals surface area contributed by atoms with Crippen LogP contribution in [0, 0.1) is 0 Å². The van der Waals surface area contributed by atoms with Crippen LogP contribution in [0.2, 0.25) is 0 Å². The van der Waals surface area contributed by atoms with Gasteiger partial charge in [-0.1, -0.05) is 24.3 Å². The van der Waals surface area contributed by atoms with Crippen molar-refractivity contribution in [1.82, 2.24) is 20.1 Å². The summed E-state index contributed by atoms with van der Waals surface area (Å²) in [6.07, 6.45) is 4.39. The predicted octanol–water partition coefficient (Wildman–Crippen LogP) is 4.71. The molecular formula is C23H18N4O2S. The maximum Gasteiger partial charge on any atom is 0.287 e. The quantitative estimate of drug-likeness (QED) is 0.437. The zero-order valence-electron chi connectivity index (χ0n) is 16.0. The van der Waals surface area contributed by atoms with Gasteiger partial charge in [-0.15, -0.1) is 11.3 Å². The van der Waals surface area contributed by atoms with Gasteiger partial charge in [-0.3, -0.25) is 4.79 Å². The zero-order valence-corrected chi connectivity index (χ0v) is 16.8. The van der Waals surface area contributed by atoms with Gasteiger partial charge >= 0.3 is 0 Å². The standard InChI is InChI=1S/C23H18N4O2S/c28-22(24-14-12-16-6-8-17(9-7-16)27-15-3-13-25-27)19-10-11-20(29-19)23-26-18-4-1-2-5-21(18)30-23/h1-11,13,15H,12,14H2,(H,24,28). The summed E-state index contributed by atoms with van der Waals surface area (Å²) < 4.78 is 8.65. The molecule has 0 atom stereocenters. The number of nitrogens with one attached hydrogen (secondary N) is 1. The van der Waals surface area contributed by atoms with Gasteiger partial charge in [0.2, 0.25) is 0 Å². The van der Waals surface area contributed by atoms with Crippen molar-refractivity contribution in [3.8, 4) is 16.5 Å². The number of rotatable bonds is 6. The van der Waals surface area contributed by atoms with E-state index in [1.54, 1.807) is 29.7 Å². The summed E-state index contributed by atoms with van der Waals surface area (Å²) in [5.74, 6) is 0.671. The van der Waals surface area contributed by atoms with Crippen molar-refractivity contribution in [2.45, 2.75) is 6.42 Å². The molecule has 3 aromatic heterocycles. The minimum atomic E-state index is -0.226. The Labute approximate surface area is 176 Å². The van der Waals surface area contributed by atoms with E-state index in [1.807, 2.05) is 65.5 Å². The number of carbonyl (C=O) groups excluding carboxylic acids is 1. The molecule has 5 aromatic rings. The lowest BCUT2D eigenvalue weighted by Crippen LogP contribution is -2.25. The minimum Gasteiger partial charge on any atom is -0.448 e. The first-order valence-electron chi connectivity index (χ1n) is 9.59. The van der Waals surface area contributed by atoms with Crippen molar-refractivity contribution >= 4 is 27.5 Å². The Kier molecular flexibility index (Phi) is 4.86. The van der Waals surface area contributed by atoms with Crippen LogP contribution in [0.3, 0.4) is 0 Å². The number of hydrogen-bond acceptors (Lipinski definition) is 5. The molecule has 0 fully saturated rings. The second-order valence-corrected chi connectivity index (χ2v) is 7.80. The number of benzene rings is 2. The molecule has 0 aliphatic rings. The Morgan fingerprint density at radius 1 is 1.03 bits per heavy atom. The third-order valence-electron chi connectivity index (χ3n) is 4.74. The van der Waals surface area contributed by atoms with Crippen LogP contribution in [0.1, 0.15) is 16.1 Å². The summed E-state index contributed by atoms with van der Waals surface area (Å²) in [4.78, 5) is 17.0. The molecule has 7 heteroatoms. The van der Waals surface area contributed by atoms with E-state index in [1.165, 1.54) is 0 Å². The third-order valence-corrected chi connectivity index (χ3v) is 5.79. The summed E-state index contributed by atoms with van der Waals surface area (Å²) in [5, 5.41) is 7.90. The Hall–Kier alpha value is -3.71. The Morgan fingerprint density at radius 2 is 1.90 bits per heavy atom. The lowest BCUT2D eigenvalue weighted by atomic mass is 10.1. The van der Waals surface area contributed by atoms with Gasteiger partial charge in [0.1, 0.15) is 0 Å². The molecule has 0 radical (unpaired) electrons. The number of hydrogen-bond donors (Lipinski definition) is 1. The fraction of sp³-hybridized carbons (Fsp3) is 0.0870. The van der Waals surface area contributed by atoms with E-state index in [4.69, 9.17) is 4.42 Å². The molecule has 1 N–H and O–H groups in total. The number of amides is 1. The molecule has 0 aliphatic heterocycles. The molecule has 0 aliphatic carbocycles.